The highest BCUT2D eigenvalue weighted by molar-refractivity contribution is 5.25. The lowest BCUT2D eigenvalue weighted by atomic mass is 9.89. The Bertz CT molecular complexity index is 345. The summed E-state index contributed by atoms with van der Waals surface area (Å²) in [6, 6.07) is 9.32. The summed E-state index contributed by atoms with van der Waals surface area (Å²) in [6.45, 7) is 4.04. The minimum absolute atomic E-state index is 0.484. The summed E-state index contributed by atoms with van der Waals surface area (Å²) in [7, 11) is 2.06. The Kier molecular flexibility index (Phi) is 4.57. The van der Waals surface area contributed by atoms with Gasteiger partial charge in [-0.05, 0) is 44.7 Å². The number of hydrogen-bond acceptors (Lipinski definition) is 2. The van der Waals surface area contributed by atoms with Crippen molar-refractivity contribution in [2.45, 2.75) is 32.2 Å². The van der Waals surface area contributed by atoms with Crippen LogP contribution in [0.1, 0.15) is 36.4 Å². The van der Waals surface area contributed by atoms with Crippen LogP contribution >= 0.6 is 0 Å². The van der Waals surface area contributed by atoms with Crippen molar-refractivity contribution in [1.29, 1.82) is 0 Å². The lowest BCUT2D eigenvalue weighted by molar-refractivity contribution is 0.0608. The molecule has 0 amide bonds. The van der Waals surface area contributed by atoms with Crippen LogP contribution in [0.2, 0.25) is 0 Å². The largest absolute Gasteiger partial charge is 0.381 e. The molecular weight excluding hydrogens is 210 g/mol. The zero-order valence-electron chi connectivity index (χ0n) is 10.9. The standard InChI is InChI=1S/C15H23NO/c1-12-4-3-5-14(10-12)15(16-2)11-13-6-8-17-9-7-13/h3-5,10,13,15-16H,6-9,11H2,1-2H3. The van der Waals surface area contributed by atoms with Crippen molar-refractivity contribution >= 4 is 0 Å². The molecule has 0 radical (unpaired) electrons. The van der Waals surface area contributed by atoms with Gasteiger partial charge >= 0.3 is 0 Å². The second kappa shape index (κ2) is 6.18. The molecule has 2 nitrogen and oxygen atoms in total. The van der Waals surface area contributed by atoms with Crippen LogP contribution in [-0.2, 0) is 4.74 Å². The summed E-state index contributed by atoms with van der Waals surface area (Å²) in [5.74, 6) is 0.807. The summed E-state index contributed by atoms with van der Waals surface area (Å²) < 4.78 is 5.42. The van der Waals surface area contributed by atoms with Crippen LogP contribution in [0.25, 0.3) is 0 Å². The van der Waals surface area contributed by atoms with Crippen molar-refractivity contribution in [2.75, 3.05) is 20.3 Å². The highest BCUT2D eigenvalue weighted by Gasteiger charge is 2.19. The maximum Gasteiger partial charge on any atom is 0.0468 e. The molecular formula is C15H23NO. The lowest BCUT2D eigenvalue weighted by Crippen LogP contribution is -2.24. The van der Waals surface area contributed by atoms with E-state index in [0.29, 0.717) is 6.04 Å². The number of aryl methyl sites for hydroxylation is 1. The average molecular weight is 233 g/mol. The monoisotopic (exact) mass is 233 g/mol. The Labute approximate surface area is 104 Å². The van der Waals surface area contributed by atoms with Gasteiger partial charge in [0, 0.05) is 19.3 Å². The van der Waals surface area contributed by atoms with Gasteiger partial charge in [-0.15, -0.1) is 0 Å². The summed E-state index contributed by atoms with van der Waals surface area (Å²) in [5.41, 5.74) is 2.76. The Morgan fingerprint density at radius 3 is 2.76 bits per heavy atom. The smallest absolute Gasteiger partial charge is 0.0468 e. The fraction of sp³-hybridized carbons (Fsp3) is 0.600. The molecule has 1 unspecified atom stereocenters. The van der Waals surface area contributed by atoms with E-state index in [1.54, 1.807) is 0 Å². The maximum atomic E-state index is 5.42. The Balaban J connectivity index is 2.00. The van der Waals surface area contributed by atoms with Crippen LogP contribution in [0.5, 0.6) is 0 Å². The molecule has 2 rings (SSSR count). The van der Waals surface area contributed by atoms with Crippen LogP contribution in [0, 0.1) is 12.8 Å². The molecule has 0 aliphatic carbocycles. The number of ether oxygens (including phenoxy) is 1. The molecule has 1 aliphatic heterocycles. The van der Waals surface area contributed by atoms with Gasteiger partial charge in [0.25, 0.3) is 0 Å². The van der Waals surface area contributed by atoms with Gasteiger partial charge in [0.05, 0.1) is 0 Å². The highest BCUT2D eigenvalue weighted by Crippen LogP contribution is 2.27. The molecule has 1 aliphatic rings. The predicted octanol–water partition coefficient (Wildman–Crippen LogP) is 3.07. The third-order valence-corrected chi connectivity index (χ3v) is 3.70. The number of rotatable bonds is 4. The molecule has 17 heavy (non-hydrogen) atoms. The number of hydrogen-bond donors (Lipinski definition) is 1. The molecule has 1 fully saturated rings. The van der Waals surface area contributed by atoms with E-state index in [0.717, 1.165) is 19.1 Å². The summed E-state index contributed by atoms with van der Waals surface area (Å²) in [6.07, 6.45) is 3.65. The molecule has 94 valence electrons. The molecule has 1 heterocycles. The maximum absolute atomic E-state index is 5.42. The van der Waals surface area contributed by atoms with Crippen LogP contribution in [0.15, 0.2) is 24.3 Å². The van der Waals surface area contributed by atoms with Crippen LogP contribution in [0.3, 0.4) is 0 Å². The zero-order valence-corrected chi connectivity index (χ0v) is 10.9. The molecule has 1 aromatic carbocycles. The second-order valence-electron chi connectivity index (χ2n) is 5.05. The lowest BCUT2D eigenvalue weighted by Gasteiger charge is -2.27. The van der Waals surface area contributed by atoms with Gasteiger partial charge in [0.15, 0.2) is 0 Å². The van der Waals surface area contributed by atoms with Gasteiger partial charge in [0.2, 0.25) is 0 Å². The van der Waals surface area contributed by atoms with E-state index in [-0.39, 0.29) is 0 Å². The molecule has 0 bridgehead atoms. The van der Waals surface area contributed by atoms with Crippen molar-refractivity contribution in [3.05, 3.63) is 35.4 Å². The van der Waals surface area contributed by atoms with Crippen LogP contribution in [-0.4, -0.2) is 20.3 Å². The van der Waals surface area contributed by atoms with E-state index >= 15 is 0 Å². The normalized spacial score (nSPS) is 19.2. The van der Waals surface area contributed by atoms with Gasteiger partial charge in [-0.25, -0.2) is 0 Å². The van der Waals surface area contributed by atoms with E-state index < -0.39 is 0 Å². The van der Waals surface area contributed by atoms with Crippen LogP contribution < -0.4 is 5.32 Å². The fourth-order valence-corrected chi connectivity index (χ4v) is 2.62. The van der Waals surface area contributed by atoms with Gasteiger partial charge in [-0.1, -0.05) is 29.8 Å². The van der Waals surface area contributed by atoms with Crippen molar-refractivity contribution in [3.63, 3.8) is 0 Å². The minimum atomic E-state index is 0.484. The Hall–Kier alpha value is -0.860. The molecule has 2 heteroatoms. The molecule has 1 aromatic rings. The first-order chi connectivity index (χ1) is 8.29. The fourth-order valence-electron chi connectivity index (χ4n) is 2.62. The van der Waals surface area contributed by atoms with Gasteiger partial charge in [0.1, 0.15) is 0 Å². The quantitative estimate of drug-likeness (QED) is 0.863. The molecule has 0 spiro atoms. The molecule has 0 aromatic heterocycles. The third-order valence-electron chi connectivity index (χ3n) is 3.70. The molecule has 1 saturated heterocycles. The van der Waals surface area contributed by atoms with Gasteiger partial charge < -0.3 is 10.1 Å². The van der Waals surface area contributed by atoms with E-state index in [1.165, 1.54) is 30.4 Å². The van der Waals surface area contributed by atoms with Crippen molar-refractivity contribution in [3.8, 4) is 0 Å². The van der Waals surface area contributed by atoms with Gasteiger partial charge in [-0.3, -0.25) is 0 Å². The van der Waals surface area contributed by atoms with Crippen molar-refractivity contribution in [1.82, 2.24) is 5.32 Å². The third kappa shape index (κ3) is 3.55. The first-order valence-electron chi connectivity index (χ1n) is 6.61. The topological polar surface area (TPSA) is 21.3 Å². The summed E-state index contributed by atoms with van der Waals surface area (Å²) in [4.78, 5) is 0. The van der Waals surface area contributed by atoms with E-state index in [1.807, 2.05) is 0 Å². The Morgan fingerprint density at radius 2 is 2.12 bits per heavy atom. The minimum Gasteiger partial charge on any atom is -0.381 e. The highest BCUT2D eigenvalue weighted by atomic mass is 16.5. The van der Waals surface area contributed by atoms with Crippen molar-refractivity contribution in [2.24, 2.45) is 5.92 Å². The van der Waals surface area contributed by atoms with Crippen molar-refractivity contribution < 1.29 is 4.74 Å². The van der Waals surface area contributed by atoms with E-state index in [9.17, 15) is 0 Å². The molecule has 1 N–H and O–H groups in total. The average Bonchev–Trinajstić information content (AvgIpc) is 2.37. The first-order valence-corrected chi connectivity index (χ1v) is 6.61. The molecule has 1 atom stereocenters. The number of benzene rings is 1. The zero-order chi connectivity index (χ0) is 12.1. The first kappa shape index (κ1) is 12.6. The Morgan fingerprint density at radius 1 is 1.35 bits per heavy atom. The molecule has 0 saturated carbocycles. The summed E-state index contributed by atoms with van der Waals surface area (Å²) in [5, 5.41) is 3.45. The summed E-state index contributed by atoms with van der Waals surface area (Å²) >= 11 is 0. The SMILES string of the molecule is CNC(CC1CCOCC1)c1cccc(C)c1. The van der Waals surface area contributed by atoms with Crippen LogP contribution in [0.4, 0.5) is 0 Å². The predicted molar refractivity (Wildman–Crippen MR) is 71.1 cm³/mol. The van der Waals surface area contributed by atoms with Gasteiger partial charge in [-0.2, -0.15) is 0 Å². The number of nitrogens with one attached hydrogen (secondary N) is 1. The van der Waals surface area contributed by atoms with E-state index in [4.69, 9.17) is 4.74 Å². The van der Waals surface area contributed by atoms with E-state index in [2.05, 4.69) is 43.6 Å². The second-order valence-corrected chi connectivity index (χ2v) is 5.05.